The van der Waals surface area contributed by atoms with Crippen LogP contribution in [0, 0.1) is 0 Å². The Hall–Kier alpha value is -1.06. The molecule has 1 fully saturated rings. The Labute approximate surface area is 110 Å². The Morgan fingerprint density at radius 1 is 1.33 bits per heavy atom. The smallest absolute Gasteiger partial charge is 0.124 e. The van der Waals surface area contributed by atoms with Gasteiger partial charge >= 0.3 is 0 Å². The van der Waals surface area contributed by atoms with Gasteiger partial charge in [0, 0.05) is 30.7 Å². The number of rotatable bonds is 4. The molecule has 3 nitrogen and oxygen atoms in total. The fourth-order valence-corrected chi connectivity index (χ4v) is 2.62. The summed E-state index contributed by atoms with van der Waals surface area (Å²) >= 11 is 0. The van der Waals surface area contributed by atoms with Crippen molar-refractivity contribution in [2.24, 2.45) is 5.73 Å². The molecule has 2 N–H and O–H groups in total. The summed E-state index contributed by atoms with van der Waals surface area (Å²) in [6, 6.07) is 9.14. The molecular weight excluding hydrogens is 224 g/mol. The minimum atomic E-state index is 0.385. The molecule has 1 aromatic rings. The van der Waals surface area contributed by atoms with Gasteiger partial charge in [0.25, 0.3) is 0 Å². The van der Waals surface area contributed by atoms with Crippen LogP contribution in [0.3, 0.4) is 0 Å². The van der Waals surface area contributed by atoms with Crippen molar-refractivity contribution in [3.05, 3.63) is 29.8 Å². The van der Waals surface area contributed by atoms with E-state index in [0.29, 0.717) is 18.7 Å². The molecule has 0 spiro atoms. The first-order chi connectivity index (χ1) is 8.72. The van der Waals surface area contributed by atoms with Crippen molar-refractivity contribution >= 4 is 0 Å². The van der Waals surface area contributed by atoms with Crippen molar-refractivity contribution < 1.29 is 4.74 Å². The van der Waals surface area contributed by atoms with Crippen LogP contribution >= 0.6 is 0 Å². The first-order valence-corrected chi connectivity index (χ1v) is 6.93. The quantitative estimate of drug-likeness (QED) is 0.890. The lowest BCUT2D eigenvalue weighted by atomic mass is 10.0. The molecule has 1 unspecified atom stereocenters. The number of likely N-dealkylation sites (tertiary alicyclic amines) is 1. The SMILES string of the molecule is CCOc1ccccc1C(C)N1CCC(N)CC1. The van der Waals surface area contributed by atoms with Crippen LogP contribution in [0.1, 0.15) is 38.3 Å². The highest BCUT2D eigenvalue weighted by molar-refractivity contribution is 5.35. The summed E-state index contributed by atoms with van der Waals surface area (Å²) in [5.74, 6) is 1.02. The Kier molecular flexibility index (Phi) is 4.61. The number of nitrogens with zero attached hydrogens (tertiary/aromatic N) is 1. The number of benzene rings is 1. The number of para-hydroxylation sites is 1. The molecule has 0 bridgehead atoms. The molecule has 0 aliphatic carbocycles. The fraction of sp³-hybridized carbons (Fsp3) is 0.600. The van der Waals surface area contributed by atoms with E-state index in [1.54, 1.807) is 0 Å². The van der Waals surface area contributed by atoms with Crippen molar-refractivity contribution in [3.8, 4) is 5.75 Å². The number of piperidine rings is 1. The van der Waals surface area contributed by atoms with E-state index < -0.39 is 0 Å². The van der Waals surface area contributed by atoms with Gasteiger partial charge in [-0.2, -0.15) is 0 Å². The van der Waals surface area contributed by atoms with E-state index in [-0.39, 0.29) is 0 Å². The summed E-state index contributed by atoms with van der Waals surface area (Å²) in [6.07, 6.45) is 2.20. The lowest BCUT2D eigenvalue weighted by Gasteiger charge is -2.35. The Bertz CT molecular complexity index is 373. The maximum absolute atomic E-state index is 5.96. The fourth-order valence-electron chi connectivity index (χ4n) is 2.62. The summed E-state index contributed by atoms with van der Waals surface area (Å²) in [5.41, 5.74) is 7.25. The predicted molar refractivity (Wildman–Crippen MR) is 74.8 cm³/mol. The molecule has 0 radical (unpaired) electrons. The van der Waals surface area contributed by atoms with E-state index >= 15 is 0 Å². The van der Waals surface area contributed by atoms with Crippen LogP contribution in [0.5, 0.6) is 5.75 Å². The van der Waals surface area contributed by atoms with E-state index in [1.807, 2.05) is 13.0 Å². The van der Waals surface area contributed by atoms with Gasteiger partial charge in [-0.15, -0.1) is 0 Å². The molecule has 18 heavy (non-hydrogen) atoms. The summed E-state index contributed by atoms with van der Waals surface area (Å²) in [5, 5.41) is 0. The van der Waals surface area contributed by atoms with E-state index in [0.717, 1.165) is 31.7 Å². The van der Waals surface area contributed by atoms with Crippen LogP contribution in [0.25, 0.3) is 0 Å². The second kappa shape index (κ2) is 6.21. The molecule has 1 saturated heterocycles. The molecule has 1 atom stereocenters. The van der Waals surface area contributed by atoms with Gasteiger partial charge in [-0.25, -0.2) is 0 Å². The summed E-state index contributed by atoms with van der Waals surface area (Å²) in [4.78, 5) is 2.50. The molecule has 0 saturated carbocycles. The molecule has 1 aromatic carbocycles. The van der Waals surface area contributed by atoms with Crippen LogP contribution in [0.4, 0.5) is 0 Å². The van der Waals surface area contributed by atoms with Gasteiger partial charge < -0.3 is 10.5 Å². The number of nitrogens with two attached hydrogens (primary N) is 1. The lowest BCUT2D eigenvalue weighted by Crippen LogP contribution is -2.40. The van der Waals surface area contributed by atoms with Gasteiger partial charge in [0.05, 0.1) is 6.61 Å². The standard InChI is InChI=1S/C15H24N2O/c1-3-18-15-7-5-4-6-14(15)12(2)17-10-8-13(16)9-11-17/h4-7,12-13H,3,8-11,16H2,1-2H3. The van der Waals surface area contributed by atoms with Crippen molar-refractivity contribution in [1.29, 1.82) is 0 Å². The topological polar surface area (TPSA) is 38.5 Å². The third-order valence-corrected chi connectivity index (χ3v) is 3.79. The van der Waals surface area contributed by atoms with Gasteiger partial charge in [0.1, 0.15) is 5.75 Å². The average molecular weight is 248 g/mol. The number of hydrogen-bond acceptors (Lipinski definition) is 3. The Morgan fingerprint density at radius 3 is 2.67 bits per heavy atom. The summed E-state index contributed by atoms with van der Waals surface area (Å²) in [7, 11) is 0. The van der Waals surface area contributed by atoms with Gasteiger partial charge in [0.2, 0.25) is 0 Å². The Balaban J connectivity index is 2.10. The predicted octanol–water partition coefficient (Wildman–Crippen LogP) is 2.57. The van der Waals surface area contributed by atoms with E-state index in [1.165, 1.54) is 5.56 Å². The molecule has 1 aliphatic rings. The van der Waals surface area contributed by atoms with Gasteiger partial charge in [-0.3, -0.25) is 4.90 Å². The first kappa shape index (κ1) is 13.4. The van der Waals surface area contributed by atoms with Crippen molar-refractivity contribution in [3.63, 3.8) is 0 Å². The highest BCUT2D eigenvalue weighted by Gasteiger charge is 2.23. The lowest BCUT2D eigenvalue weighted by molar-refractivity contribution is 0.160. The molecular formula is C15H24N2O. The summed E-state index contributed by atoms with van der Waals surface area (Å²) < 4.78 is 5.72. The molecule has 100 valence electrons. The molecule has 0 aromatic heterocycles. The summed E-state index contributed by atoms with van der Waals surface area (Å²) in [6.45, 7) is 7.18. The molecule has 2 rings (SSSR count). The largest absolute Gasteiger partial charge is 0.494 e. The minimum Gasteiger partial charge on any atom is -0.494 e. The van der Waals surface area contributed by atoms with E-state index in [4.69, 9.17) is 10.5 Å². The van der Waals surface area contributed by atoms with Crippen molar-refractivity contribution in [2.45, 2.75) is 38.8 Å². The molecule has 1 heterocycles. The van der Waals surface area contributed by atoms with Gasteiger partial charge in [-0.05, 0) is 32.8 Å². The molecule has 3 heteroatoms. The van der Waals surface area contributed by atoms with E-state index in [9.17, 15) is 0 Å². The van der Waals surface area contributed by atoms with Crippen LogP contribution in [-0.2, 0) is 0 Å². The van der Waals surface area contributed by atoms with Crippen LogP contribution in [-0.4, -0.2) is 30.6 Å². The van der Waals surface area contributed by atoms with Gasteiger partial charge in [0.15, 0.2) is 0 Å². The van der Waals surface area contributed by atoms with Crippen LogP contribution < -0.4 is 10.5 Å². The monoisotopic (exact) mass is 248 g/mol. The third-order valence-electron chi connectivity index (χ3n) is 3.79. The number of hydrogen-bond donors (Lipinski definition) is 1. The second-order valence-electron chi connectivity index (χ2n) is 5.02. The van der Waals surface area contributed by atoms with Gasteiger partial charge in [-0.1, -0.05) is 18.2 Å². The number of ether oxygens (including phenoxy) is 1. The normalized spacial score (nSPS) is 19.7. The zero-order valence-electron chi connectivity index (χ0n) is 11.4. The maximum atomic E-state index is 5.96. The zero-order valence-corrected chi connectivity index (χ0v) is 11.4. The minimum absolute atomic E-state index is 0.385. The second-order valence-corrected chi connectivity index (χ2v) is 5.02. The molecule has 1 aliphatic heterocycles. The highest BCUT2D eigenvalue weighted by Crippen LogP contribution is 2.30. The Morgan fingerprint density at radius 2 is 2.00 bits per heavy atom. The molecule has 0 amide bonds. The maximum Gasteiger partial charge on any atom is 0.124 e. The van der Waals surface area contributed by atoms with E-state index in [2.05, 4.69) is 30.0 Å². The average Bonchev–Trinajstić information content (AvgIpc) is 2.40. The zero-order chi connectivity index (χ0) is 13.0. The highest BCUT2D eigenvalue weighted by atomic mass is 16.5. The van der Waals surface area contributed by atoms with Crippen molar-refractivity contribution in [1.82, 2.24) is 4.90 Å². The first-order valence-electron chi connectivity index (χ1n) is 6.93. The van der Waals surface area contributed by atoms with Crippen LogP contribution in [0.15, 0.2) is 24.3 Å². The third kappa shape index (κ3) is 3.03. The van der Waals surface area contributed by atoms with Crippen LogP contribution in [0.2, 0.25) is 0 Å². The van der Waals surface area contributed by atoms with Crippen molar-refractivity contribution in [2.75, 3.05) is 19.7 Å².